The van der Waals surface area contributed by atoms with E-state index in [1.165, 1.54) is 16.7 Å². The Morgan fingerprint density at radius 2 is 2.16 bits per heavy atom. The zero-order valence-electron chi connectivity index (χ0n) is 10.7. The molecule has 1 saturated heterocycles. The number of hydrogen-bond donors (Lipinski definition) is 1. The van der Waals surface area contributed by atoms with E-state index in [4.69, 9.17) is 12.2 Å². The van der Waals surface area contributed by atoms with Crippen LogP contribution >= 0.6 is 24.0 Å². The zero-order valence-corrected chi connectivity index (χ0v) is 12.3. The lowest BCUT2D eigenvalue weighted by molar-refractivity contribution is -0.129. The number of anilines is 1. The summed E-state index contributed by atoms with van der Waals surface area (Å²) in [5.41, 5.74) is 1.74. The second kappa shape index (κ2) is 5.71. The van der Waals surface area contributed by atoms with Crippen LogP contribution in [-0.4, -0.2) is 32.8 Å². The third-order valence-electron chi connectivity index (χ3n) is 2.83. The second-order valence-electron chi connectivity index (χ2n) is 4.31. The van der Waals surface area contributed by atoms with E-state index < -0.39 is 0 Å². The third kappa shape index (κ3) is 3.13. The van der Waals surface area contributed by atoms with Gasteiger partial charge in [-0.25, -0.2) is 0 Å². The van der Waals surface area contributed by atoms with Gasteiger partial charge in [-0.1, -0.05) is 42.2 Å². The fourth-order valence-corrected chi connectivity index (χ4v) is 3.16. The van der Waals surface area contributed by atoms with Crippen molar-refractivity contribution in [3.05, 3.63) is 29.8 Å². The van der Waals surface area contributed by atoms with Gasteiger partial charge in [0.05, 0.1) is 5.25 Å². The standard InChI is InChI=1S/C13H14N2O2S2/c1-8-5-3-4-6-10(8)14-11(16)7-15-12(17)9(2)19-13(15)18/h3-6,9H,7H2,1-2H3,(H,14,16). The maximum absolute atomic E-state index is 11.9. The van der Waals surface area contributed by atoms with Gasteiger partial charge in [-0.15, -0.1) is 0 Å². The van der Waals surface area contributed by atoms with E-state index in [0.717, 1.165) is 11.3 Å². The molecule has 19 heavy (non-hydrogen) atoms. The highest BCUT2D eigenvalue weighted by molar-refractivity contribution is 8.24. The van der Waals surface area contributed by atoms with Crippen LogP contribution in [0.4, 0.5) is 5.69 Å². The number of para-hydroxylation sites is 1. The summed E-state index contributed by atoms with van der Waals surface area (Å²) in [7, 11) is 0. The SMILES string of the molecule is Cc1ccccc1NC(=O)CN1C(=O)C(C)SC1=S. The number of benzene rings is 1. The van der Waals surface area contributed by atoms with Crippen LogP contribution in [0.5, 0.6) is 0 Å². The van der Waals surface area contributed by atoms with Crippen LogP contribution in [0.25, 0.3) is 0 Å². The van der Waals surface area contributed by atoms with Gasteiger partial charge in [0.25, 0.3) is 0 Å². The van der Waals surface area contributed by atoms with Crippen molar-refractivity contribution < 1.29 is 9.59 Å². The lowest BCUT2D eigenvalue weighted by Crippen LogP contribution is -2.37. The second-order valence-corrected chi connectivity index (χ2v) is 6.29. The van der Waals surface area contributed by atoms with Gasteiger partial charge < -0.3 is 5.32 Å². The van der Waals surface area contributed by atoms with Crippen molar-refractivity contribution in [1.82, 2.24) is 4.90 Å². The van der Waals surface area contributed by atoms with Gasteiger partial charge >= 0.3 is 0 Å². The number of thioether (sulfide) groups is 1. The minimum atomic E-state index is -0.236. The molecule has 2 amide bonds. The molecular formula is C13H14N2O2S2. The summed E-state index contributed by atoms with van der Waals surface area (Å²) in [4.78, 5) is 25.1. The van der Waals surface area contributed by atoms with Gasteiger partial charge in [-0.2, -0.15) is 0 Å². The van der Waals surface area contributed by atoms with Gasteiger partial charge in [-0.3, -0.25) is 14.5 Å². The molecule has 0 aromatic heterocycles. The monoisotopic (exact) mass is 294 g/mol. The Morgan fingerprint density at radius 1 is 1.47 bits per heavy atom. The quantitative estimate of drug-likeness (QED) is 0.868. The predicted molar refractivity (Wildman–Crippen MR) is 81.2 cm³/mol. The van der Waals surface area contributed by atoms with E-state index in [1.807, 2.05) is 31.2 Å². The summed E-state index contributed by atoms with van der Waals surface area (Å²) in [6, 6.07) is 7.50. The first-order valence-electron chi connectivity index (χ1n) is 5.86. The van der Waals surface area contributed by atoms with E-state index in [1.54, 1.807) is 6.92 Å². The fourth-order valence-electron chi connectivity index (χ4n) is 1.76. The first-order chi connectivity index (χ1) is 8.99. The fraction of sp³-hybridized carbons (Fsp3) is 0.308. The molecule has 1 aromatic carbocycles. The molecule has 0 aliphatic carbocycles. The summed E-state index contributed by atoms with van der Waals surface area (Å²) < 4.78 is 0.470. The van der Waals surface area contributed by atoms with Crippen molar-refractivity contribution in [2.24, 2.45) is 0 Å². The molecule has 0 saturated carbocycles. The molecule has 4 nitrogen and oxygen atoms in total. The largest absolute Gasteiger partial charge is 0.324 e. The average Bonchev–Trinajstić information content (AvgIpc) is 2.59. The number of rotatable bonds is 3. The van der Waals surface area contributed by atoms with E-state index >= 15 is 0 Å². The number of hydrogen-bond acceptors (Lipinski definition) is 4. The van der Waals surface area contributed by atoms with Crippen molar-refractivity contribution in [3.63, 3.8) is 0 Å². The molecule has 1 aliphatic heterocycles. The molecule has 1 heterocycles. The van der Waals surface area contributed by atoms with Crippen LogP contribution in [0.1, 0.15) is 12.5 Å². The summed E-state index contributed by atoms with van der Waals surface area (Å²) in [5, 5.41) is 2.60. The first kappa shape index (κ1) is 14.0. The number of amides is 2. The van der Waals surface area contributed by atoms with Crippen LogP contribution in [0.3, 0.4) is 0 Å². The molecule has 0 bridgehead atoms. The van der Waals surface area contributed by atoms with Gasteiger partial charge in [0.2, 0.25) is 11.8 Å². The molecule has 1 unspecified atom stereocenters. The summed E-state index contributed by atoms with van der Waals surface area (Å²) >= 11 is 6.41. The first-order valence-corrected chi connectivity index (χ1v) is 7.15. The van der Waals surface area contributed by atoms with Crippen molar-refractivity contribution in [2.45, 2.75) is 19.1 Å². The number of nitrogens with one attached hydrogen (secondary N) is 1. The zero-order chi connectivity index (χ0) is 14.0. The molecule has 1 aromatic rings. The minimum Gasteiger partial charge on any atom is -0.324 e. The Labute approximate surface area is 121 Å². The third-order valence-corrected chi connectivity index (χ3v) is 4.32. The molecule has 2 rings (SSSR count). The Hall–Kier alpha value is -1.40. The van der Waals surface area contributed by atoms with Gasteiger partial charge in [-0.05, 0) is 25.5 Å². The van der Waals surface area contributed by atoms with E-state index in [9.17, 15) is 9.59 Å². The molecule has 1 atom stereocenters. The van der Waals surface area contributed by atoms with Crippen LogP contribution in [-0.2, 0) is 9.59 Å². The highest BCUT2D eigenvalue weighted by atomic mass is 32.2. The van der Waals surface area contributed by atoms with Crippen molar-refractivity contribution in [1.29, 1.82) is 0 Å². The van der Waals surface area contributed by atoms with Crippen LogP contribution in [0, 0.1) is 6.92 Å². The molecule has 6 heteroatoms. The molecule has 1 aliphatic rings. The lowest BCUT2D eigenvalue weighted by Gasteiger charge is -2.15. The van der Waals surface area contributed by atoms with Crippen LogP contribution < -0.4 is 5.32 Å². The van der Waals surface area contributed by atoms with E-state index in [-0.39, 0.29) is 23.6 Å². The predicted octanol–water partition coefficient (Wildman–Crippen LogP) is 2.18. The number of carbonyl (C=O) groups is 2. The van der Waals surface area contributed by atoms with Crippen molar-refractivity contribution >= 4 is 45.8 Å². The Kier molecular flexibility index (Phi) is 4.21. The van der Waals surface area contributed by atoms with Gasteiger partial charge in [0.15, 0.2) is 0 Å². The van der Waals surface area contributed by atoms with Crippen molar-refractivity contribution in [3.8, 4) is 0 Å². The normalized spacial score (nSPS) is 18.8. The lowest BCUT2D eigenvalue weighted by atomic mass is 10.2. The molecule has 1 fully saturated rings. The number of nitrogens with zero attached hydrogens (tertiary/aromatic N) is 1. The van der Waals surface area contributed by atoms with E-state index in [2.05, 4.69) is 5.32 Å². The van der Waals surface area contributed by atoms with Gasteiger partial charge in [0, 0.05) is 5.69 Å². The van der Waals surface area contributed by atoms with Crippen LogP contribution in [0.15, 0.2) is 24.3 Å². The maximum atomic E-state index is 11.9. The average molecular weight is 294 g/mol. The number of carbonyl (C=O) groups excluding carboxylic acids is 2. The maximum Gasteiger partial charge on any atom is 0.244 e. The highest BCUT2D eigenvalue weighted by Gasteiger charge is 2.34. The summed E-state index contributed by atoms with van der Waals surface area (Å²) in [6.45, 7) is 3.68. The van der Waals surface area contributed by atoms with Crippen molar-refractivity contribution in [2.75, 3.05) is 11.9 Å². The molecule has 0 radical (unpaired) electrons. The van der Waals surface area contributed by atoms with Gasteiger partial charge in [0.1, 0.15) is 10.9 Å². The number of thiocarbonyl (C=S) groups is 1. The molecule has 100 valence electrons. The topological polar surface area (TPSA) is 49.4 Å². The molecule has 0 spiro atoms. The Balaban J connectivity index is 2.01. The number of aryl methyl sites for hydroxylation is 1. The van der Waals surface area contributed by atoms with E-state index in [0.29, 0.717) is 4.32 Å². The Bertz CT molecular complexity index is 545. The minimum absolute atomic E-state index is 0.0245. The summed E-state index contributed by atoms with van der Waals surface area (Å²) in [5.74, 6) is -0.338. The smallest absolute Gasteiger partial charge is 0.244 e. The Morgan fingerprint density at radius 3 is 2.74 bits per heavy atom. The summed E-state index contributed by atoms with van der Waals surface area (Å²) in [6.07, 6.45) is 0. The highest BCUT2D eigenvalue weighted by Crippen LogP contribution is 2.26. The molecular weight excluding hydrogens is 280 g/mol. The molecule has 1 N–H and O–H groups in total. The van der Waals surface area contributed by atoms with Crippen LogP contribution in [0.2, 0.25) is 0 Å².